The average Bonchev–Trinajstić information content (AvgIpc) is 3.09. The van der Waals surface area contributed by atoms with E-state index in [4.69, 9.17) is 0 Å². The van der Waals surface area contributed by atoms with Crippen LogP contribution in [0.3, 0.4) is 0 Å². The Kier molecular flexibility index (Phi) is 4.09. The van der Waals surface area contributed by atoms with Crippen LogP contribution < -0.4 is 5.43 Å². The summed E-state index contributed by atoms with van der Waals surface area (Å²) in [5, 5.41) is 5.77. The summed E-state index contributed by atoms with van der Waals surface area (Å²) in [6.07, 6.45) is 0.847. The van der Waals surface area contributed by atoms with Gasteiger partial charge < -0.3 is 0 Å². The monoisotopic (exact) mass is 330 g/mol. The zero-order valence-corrected chi connectivity index (χ0v) is 14.0. The van der Waals surface area contributed by atoms with E-state index < -0.39 is 0 Å². The van der Waals surface area contributed by atoms with Crippen LogP contribution in [-0.2, 0) is 11.3 Å². The van der Waals surface area contributed by atoms with Gasteiger partial charge in [0.15, 0.2) is 4.87 Å². The van der Waals surface area contributed by atoms with Crippen LogP contribution in [0, 0.1) is 0 Å². The summed E-state index contributed by atoms with van der Waals surface area (Å²) in [5.41, 5.74) is 7.14. The molecular formula is C21H18N2S. The fourth-order valence-electron chi connectivity index (χ4n) is 2.97. The molecule has 1 heterocycles. The molecule has 0 atom stereocenters. The highest BCUT2D eigenvalue weighted by molar-refractivity contribution is 8.15. The molecule has 0 aliphatic carbocycles. The van der Waals surface area contributed by atoms with Crippen molar-refractivity contribution in [1.29, 1.82) is 0 Å². The number of nitrogens with one attached hydrogen (secondary N) is 1. The van der Waals surface area contributed by atoms with Crippen molar-refractivity contribution in [2.75, 3.05) is 0 Å². The third kappa shape index (κ3) is 2.83. The molecule has 4 rings (SSSR count). The highest BCUT2D eigenvalue weighted by Crippen LogP contribution is 2.44. The molecule has 118 valence electrons. The van der Waals surface area contributed by atoms with E-state index in [1.807, 2.05) is 18.2 Å². The van der Waals surface area contributed by atoms with Crippen LogP contribution in [0.2, 0.25) is 0 Å². The first-order chi connectivity index (χ1) is 11.9. The summed E-state index contributed by atoms with van der Waals surface area (Å²) in [7, 11) is 0. The first-order valence-electron chi connectivity index (χ1n) is 8.04. The van der Waals surface area contributed by atoms with Gasteiger partial charge in [0, 0.05) is 6.42 Å². The van der Waals surface area contributed by atoms with Gasteiger partial charge in [-0.3, -0.25) is 5.43 Å². The summed E-state index contributed by atoms with van der Waals surface area (Å²) in [4.78, 5) is -0.355. The molecule has 3 aromatic rings. The molecule has 1 aliphatic heterocycles. The molecule has 0 amide bonds. The molecule has 0 radical (unpaired) electrons. The van der Waals surface area contributed by atoms with Gasteiger partial charge in [0.1, 0.15) is 5.04 Å². The lowest BCUT2D eigenvalue weighted by molar-refractivity contribution is 0.599. The Bertz CT molecular complexity index is 790. The fraction of sp³-hybridized carbons (Fsp3) is 0.0952. The largest absolute Gasteiger partial charge is 0.284 e. The second kappa shape index (κ2) is 6.54. The van der Waals surface area contributed by atoms with E-state index in [0.717, 1.165) is 11.5 Å². The molecule has 3 heteroatoms. The minimum absolute atomic E-state index is 0.355. The average molecular weight is 330 g/mol. The molecule has 3 aromatic carbocycles. The molecule has 0 spiro atoms. The quantitative estimate of drug-likeness (QED) is 0.744. The maximum absolute atomic E-state index is 4.67. The summed E-state index contributed by atoms with van der Waals surface area (Å²) in [6, 6.07) is 31.6. The predicted octanol–water partition coefficient (Wildman–Crippen LogP) is 4.78. The molecule has 0 aromatic heterocycles. The van der Waals surface area contributed by atoms with Gasteiger partial charge in [-0.2, -0.15) is 5.10 Å². The van der Waals surface area contributed by atoms with Crippen molar-refractivity contribution in [2.45, 2.75) is 11.3 Å². The summed E-state index contributed by atoms with van der Waals surface area (Å²) >= 11 is 1.80. The van der Waals surface area contributed by atoms with Crippen molar-refractivity contribution in [3.8, 4) is 0 Å². The smallest absolute Gasteiger partial charge is 0.156 e. The fourth-order valence-corrected chi connectivity index (χ4v) is 4.25. The van der Waals surface area contributed by atoms with E-state index in [-0.39, 0.29) is 4.87 Å². The van der Waals surface area contributed by atoms with Crippen LogP contribution >= 0.6 is 11.8 Å². The number of thioether (sulfide) groups is 1. The number of hydrogen-bond donors (Lipinski definition) is 1. The Morgan fingerprint density at radius 3 is 1.75 bits per heavy atom. The number of hydrazone groups is 1. The van der Waals surface area contributed by atoms with E-state index in [1.165, 1.54) is 16.7 Å². The van der Waals surface area contributed by atoms with Gasteiger partial charge >= 0.3 is 0 Å². The third-order valence-electron chi connectivity index (χ3n) is 4.17. The van der Waals surface area contributed by atoms with E-state index in [2.05, 4.69) is 83.3 Å². The van der Waals surface area contributed by atoms with E-state index in [9.17, 15) is 0 Å². The molecule has 0 fully saturated rings. The van der Waals surface area contributed by atoms with Crippen LogP contribution in [0.1, 0.15) is 16.7 Å². The minimum Gasteiger partial charge on any atom is -0.284 e. The van der Waals surface area contributed by atoms with Crippen LogP contribution in [0.4, 0.5) is 0 Å². The molecule has 0 bridgehead atoms. The first kappa shape index (κ1) is 15.0. The lowest BCUT2D eigenvalue weighted by Gasteiger charge is -2.29. The number of nitrogens with zero attached hydrogens (tertiary/aromatic N) is 1. The highest BCUT2D eigenvalue weighted by atomic mass is 32.2. The molecule has 0 saturated carbocycles. The highest BCUT2D eigenvalue weighted by Gasteiger charge is 2.40. The Balaban J connectivity index is 1.68. The maximum atomic E-state index is 4.67. The maximum Gasteiger partial charge on any atom is 0.156 e. The summed E-state index contributed by atoms with van der Waals surface area (Å²) in [6.45, 7) is 0. The van der Waals surface area contributed by atoms with Crippen LogP contribution in [-0.4, -0.2) is 5.04 Å². The number of rotatable bonds is 4. The van der Waals surface area contributed by atoms with Gasteiger partial charge in [-0.15, -0.1) is 0 Å². The van der Waals surface area contributed by atoms with Gasteiger partial charge in [0.25, 0.3) is 0 Å². The second-order valence-electron chi connectivity index (χ2n) is 5.80. The Morgan fingerprint density at radius 1 is 0.708 bits per heavy atom. The summed E-state index contributed by atoms with van der Waals surface area (Å²) < 4.78 is 0. The molecule has 24 heavy (non-hydrogen) atoms. The zero-order valence-electron chi connectivity index (χ0n) is 13.2. The standard InChI is InChI=1S/C21H18N2S/c1-4-10-17(11-5-1)16-20-22-23-21(24-20,18-12-6-2-7-13-18)19-14-8-3-9-15-19/h1-15,23H,16H2. The van der Waals surface area contributed by atoms with Crippen molar-refractivity contribution in [2.24, 2.45) is 5.10 Å². The van der Waals surface area contributed by atoms with Crippen molar-refractivity contribution < 1.29 is 0 Å². The first-order valence-corrected chi connectivity index (χ1v) is 8.86. The lowest BCUT2D eigenvalue weighted by Crippen LogP contribution is -2.34. The van der Waals surface area contributed by atoms with Crippen molar-refractivity contribution >= 4 is 16.8 Å². The SMILES string of the molecule is c1ccc(CC2=NNC(c3ccccc3)(c3ccccc3)S2)cc1. The molecule has 2 nitrogen and oxygen atoms in total. The Labute approximate surface area is 146 Å². The molecule has 1 N–H and O–H groups in total. The van der Waals surface area contributed by atoms with Gasteiger partial charge in [0.2, 0.25) is 0 Å². The van der Waals surface area contributed by atoms with Crippen molar-refractivity contribution in [3.05, 3.63) is 108 Å². The van der Waals surface area contributed by atoms with Crippen molar-refractivity contribution in [3.63, 3.8) is 0 Å². The third-order valence-corrected chi connectivity index (χ3v) is 5.51. The lowest BCUT2D eigenvalue weighted by atomic mass is 9.98. The van der Waals surface area contributed by atoms with E-state index in [1.54, 1.807) is 11.8 Å². The molecular weight excluding hydrogens is 312 g/mol. The van der Waals surface area contributed by atoms with Gasteiger partial charge in [0.05, 0.1) is 0 Å². The van der Waals surface area contributed by atoms with E-state index >= 15 is 0 Å². The van der Waals surface area contributed by atoms with Crippen LogP contribution in [0.15, 0.2) is 96.1 Å². The minimum atomic E-state index is -0.355. The van der Waals surface area contributed by atoms with Gasteiger partial charge in [-0.1, -0.05) is 103 Å². The van der Waals surface area contributed by atoms with E-state index in [0.29, 0.717) is 0 Å². The number of hydrogen-bond acceptors (Lipinski definition) is 3. The topological polar surface area (TPSA) is 24.4 Å². The number of benzene rings is 3. The summed E-state index contributed by atoms with van der Waals surface area (Å²) in [5.74, 6) is 0. The van der Waals surface area contributed by atoms with Gasteiger partial charge in [-0.25, -0.2) is 0 Å². The Hall–Kier alpha value is -2.52. The zero-order chi connectivity index (χ0) is 16.2. The molecule has 0 unspecified atom stereocenters. The van der Waals surface area contributed by atoms with Gasteiger partial charge in [-0.05, 0) is 16.7 Å². The molecule has 1 aliphatic rings. The molecule has 0 saturated heterocycles. The second-order valence-corrected chi connectivity index (χ2v) is 7.08. The van der Waals surface area contributed by atoms with Crippen LogP contribution in [0.25, 0.3) is 0 Å². The normalized spacial score (nSPS) is 15.6. The predicted molar refractivity (Wildman–Crippen MR) is 102 cm³/mol. The van der Waals surface area contributed by atoms with Crippen molar-refractivity contribution in [1.82, 2.24) is 5.43 Å². The Morgan fingerprint density at radius 2 is 1.21 bits per heavy atom. The van der Waals surface area contributed by atoms with Crippen LogP contribution in [0.5, 0.6) is 0 Å².